The first kappa shape index (κ1) is 86.5. The van der Waals surface area contributed by atoms with Crippen LogP contribution in [0.25, 0.3) is 170 Å². The molecular weight excluding hydrogens is 1790 g/mol. The Bertz CT molecular complexity index is 8540. The zero-order chi connectivity index (χ0) is 94.5. The fraction of sp³-hybridized carbons (Fsp3) is 0.0149. The number of nitrogens with zero attached hydrogens (tertiary/aromatic N) is 4. The van der Waals surface area contributed by atoms with Crippen LogP contribution in [0.3, 0.4) is 0 Å². The maximum absolute atomic E-state index is 2.35. The van der Waals surface area contributed by atoms with E-state index in [2.05, 4.69) is 555 Å². The predicted octanol–water partition coefficient (Wildman–Crippen LogP) is 40.7. The standard InChI is InChI=1S/C72H48N2S2.C62H44N2S2/c1-3-13-57(14-4-1)73(59-41-33-51(34-42-59)49-25-29-55(30-26-49)63-19-11-21-67-65-17-7-9-23-69(65)75-71(63)67)61-45-37-53(38-46-61)54-39-47-62(48-40-54)74(58-15-5-2-6-16-58)60-43-35-52(36-44-60)50-27-31-56(32-28-50)64-20-12-22-68-66-18-8-10-24-70(66)76-72(64)68;1-41-11-25-49(26-12-41)63(53-33-19-45(20-34-53)47-23-37-61-57(39-47)55-7-3-5-9-59(55)65-61)51-29-15-43(16-30-51)44-17-31-52(32-18-44)64(50-27-13-42(2)14-28-50)54-35-21-46(22-36-54)48-24-38-62-58(40-48)56-8-4-6-10-60(56)66-62/h1-48H;3-40H,1-2H3. The van der Waals surface area contributed by atoms with Gasteiger partial charge in [-0.15, -0.1) is 45.3 Å². The quantitative estimate of drug-likeness (QED) is 0.0754. The van der Waals surface area contributed by atoms with Crippen LogP contribution in [0.4, 0.5) is 68.2 Å². The van der Waals surface area contributed by atoms with Crippen LogP contribution in [-0.2, 0) is 0 Å². The van der Waals surface area contributed by atoms with Gasteiger partial charge in [0.25, 0.3) is 0 Å². The molecule has 26 rings (SSSR count). The first-order valence-corrected chi connectivity index (χ1v) is 51.5. The molecule has 142 heavy (non-hydrogen) atoms. The van der Waals surface area contributed by atoms with Crippen molar-refractivity contribution in [3.8, 4) is 89.0 Å². The van der Waals surface area contributed by atoms with E-state index in [4.69, 9.17) is 0 Å². The maximum Gasteiger partial charge on any atom is 0.0462 e. The summed E-state index contributed by atoms with van der Waals surface area (Å²) >= 11 is 7.47. The second-order valence-corrected chi connectivity index (χ2v) is 40.7. The topological polar surface area (TPSA) is 13.0 Å². The monoisotopic (exact) mass is 1880 g/mol. The molecule has 0 saturated heterocycles. The van der Waals surface area contributed by atoms with Crippen molar-refractivity contribution in [2.24, 2.45) is 0 Å². The van der Waals surface area contributed by atoms with Gasteiger partial charge in [-0.2, -0.15) is 0 Å². The van der Waals surface area contributed by atoms with Gasteiger partial charge in [0.15, 0.2) is 0 Å². The van der Waals surface area contributed by atoms with E-state index in [-0.39, 0.29) is 0 Å². The summed E-state index contributed by atoms with van der Waals surface area (Å²) in [4.78, 5) is 9.35. The summed E-state index contributed by atoms with van der Waals surface area (Å²) in [6.45, 7) is 4.28. The van der Waals surface area contributed by atoms with Gasteiger partial charge < -0.3 is 19.6 Å². The Labute approximate surface area is 842 Å². The zero-order valence-electron chi connectivity index (χ0n) is 78.1. The van der Waals surface area contributed by atoms with Crippen LogP contribution in [0.5, 0.6) is 0 Å². The number of para-hydroxylation sites is 2. The Hall–Kier alpha value is -17.1. The van der Waals surface area contributed by atoms with Gasteiger partial charge in [0.2, 0.25) is 0 Å². The minimum Gasteiger partial charge on any atom is -0.311 e. The van der Waals surface area contributed by atoms with Crippen molar-refractivity contribution >= 4 is 194 Å². The Balaban J connectivity index is 0.000000151. The van der Waals surface area contributed by atoms with E-state index in [1.165, 1.54) is 170 Å². The smallest absolute Gasteiger partial charge is 0.0462 e. The third-order valence-corrected chi connectivity index (χ3v) is 32.3. The molecule has 672 valence electrons. The summed E-state index contributed by atoms with van der Waals surface area (Å²) in [5, 5.41) is 10.6. The highest BCUT2D eigenvalue weighted by molar-refractivity contribution is 7.27. The van der Waals surface area contributed by atoms with Crippen molar-refractivity contribution in [2.45, 2.75) is 13.8 Å². The first-order valence-electron chi connectivity index (χ1n) is 48.3. The number of fused-ring (bicyclic) bond motifs is 12. The fourth-order valence-corrected chi connectivity index (χ4v) is 24.8. The van der Waals surface area contributed by atoms with Gasteiger partial charge in [0.1, 0.15) is 0 Å². The highest BCUT2D eigenvalue weighted by Crippen LogP contribution is 2.49. The number of anilines is 12. The molecule has 4 aromatic heterocycles. The van der Waals surface area contributed by atoms with Crippen LogP contribution < -0.4 is 19.6 Å². The fourth-order valence-electron chi connectivity index (χ4n) is 20.2. The van der Waals surface area contributed by atoms with Crippen LogP contribution >= 0.6 is 45.3 Å². The van der Waals surface area contributed by atoms with Crippen molar-refractivity contribution in [1.82, 2.24) is 0 Å². The summed E-state index contributed by atoms with van der Waals surface area (Å²) in [7, 11) is 0. The third-order valence-electron chi connectivity index (χ3n) is 27.6. The molecular formula is C134H92N4S4. The van der Waals surface area contributed by atoms with E-state index in [1.807, 2.05) is 45.3 Å². The lowest BCUT2D eigenvalue weighted by atomic mass is 9.98. The summed E-state index contributed by atoms with van der Waals surface area (Å²) in [5.74, 6) is 0. The lowest BCUT2D eigenvalue weighted by Crippen LogP contribution is -2.10. The number of rotatable bonds is 20. The lowest BCUT2D eigenvalue weighted by Gasteiger charge is -2.26. The van der Waals surface area contributed by atoms with Crippen molar-refractivity contribution < 1.29 is 0 Å². The lowest BCUT2D eigenvalue weighted by molar-refractivity contribution is 1.27. The van der Waals surface area contributed by atoms with Gasteiger partial charge >= 0.3 is 0 Å². The molecule has 0 amide bonds. The number of aryl methyl sites for hydroxylation is 2. The molecule has 0 bridgehead atoms. The third kappa shape index (κ3) is 16.9. The molecule has 4 heterocycles. The Morgan fingerprint density at radius 2 is 0.310 bits per heavy atom. The minimum absolute atomic E-state index is 1.10. The van der Waals surface area contributed by atoms with E-state index in [0.29, 0.717) is 0 Å². The SMILES string of the molecule is Cc1ccc(N(c2ccc(-c3ccc(N(c4ccc(C)cc4)c4ccc(-c5ccc6sc7ccccc7c6c5)cc4)cc3)cc2)c2ccc(-c3ccc4sc5ccccc5c4c3)cc2)cc1.c1ccc(N(c2ccc(-c3ccc(-c4cccc5c4sc4ccccc45)cc3)cc2)c2ccc(-c3ccc(N(c4ccccc4)c4ccc(-c5ccc(-c6cccc7c6sc6ccccc67)cc5)cc4)cc3)cc2)cc1. The number of hydrogen-bond acceptors (Lipinski definition) is 8. The Morgan fingerprint density at radius 1 is 0.127 bits per heavy atom. The molecule has 0 atom stereocenters. The summed E-state index contributed by atoms with van der Waals surface area (Å²) < 4.78 is 10.6. The molecule has 26 aromatic rings. The zero-order valence-corrected chi connectivity index (χ0v) is 81.3. The molecule has 0 radical (unpaired) electrons. The molecule has 0 saturated carbocycles. The average Bonchev–Trinajstić information content (AvgIpc) is 1.61. The normalized spacial score (nSPS) is 11.5. The van der Waals surface area contributed by atoms with Crippen molar-refractivity contribution in [2.75, 3.05) is 19.6 Å². The summed E-state index contributed by atoms with van der Waals surface area (Å²) in [6.07, 6.45) is 0. The van der Waals surface area contributed by atoms with Crippen LogP contribution in [0.1, 0.15) is 11.1 Å². The maximum atomic E-state index is 2.35. The molecule has 0 unspecified atom stereocenters. The van der Waals surface area contributed by atoms with E-state index >= 15 is 0 Å². The Morgan fingerprint density at radius 3 is 0.577 bits per heavy atom. The van der Waals surface area contributed by atoms with Gasteiger partial charge in [-0.25, -0.2) is 0 Å². The summed E-state index contributed by atoms with van der Waals surface area (Å²) in [6, 6.07) is 191. The molecule has 0 N–H and O–H groups in total. The van der Waals surface area contributed by atoms with E-state index < -0.39 is 0 Å². The van der Waals surface area contributed by atoms with Gasteiger partial charge in [-0.05, 0) is 297 Å². The highest BCUT2D eigenvalue weighted by Gasteiger charge is 2.23. The summed E-state index contributed by atoms with van der Waals surface area (Å²) in [5.41, 5.74) is 35.1. The van der Waals surface area contributed by atoms with Crippen LogP contribution in [0, 0.1) is 13.8 Å². The second kappa shape index (κ2) is 37.7. The van der Waals surface area contributed by atoms with Crippen molar-refractivity contribution in [3.05, 3.63) is 533 Å². The highest BCUT2D eigenvalue weighted by atomic mass is 32.1. The van der Waals surface area contributed by atoms with Crippen LogP contribution in [-0.4, -0.2) is 0 Å². The van der Waals surface area contributed by atoms with Gasteiger partial charge in [-0.1, -0.05) is 339 Å². The molecule has 0 aliphatic heterocycles. The van der Waals surface area contributed by atoms with E-state index in [0.717, 1.165) is 79.4 Å². The molecule has 4 nitrogen and oxygen atoms in total. The molecule has 8 heteroatoms. The van der Waals surface area contributed by atoms with Gasteiger partial charge in [-0.3, -0.25) is 0 Å². The number of benzene rings is 22. The average molecular weight is 1890 g/mol. The Kier molecular flexibility index (Phi) is 23.0. The van der Waals surface area contributed by atoms with Gasteiger partial charge in [0.05, 0.1) is 0 Å². The molecule has 0 spiro atoms. The van der Waals surface area contributed by atoms with Crippen LogP contribution in [0.2, 0.25) is 0 Å². The molecule has 0 fully saturated rings. The predicted molar refractivity (Wildman–Crippen MR) is 616 cm³/mol. The van der Waals surface area contributed by atoms with Crippen molar-refractivity contribution in [3.63, 3.8) is 0 Å². The van der Waals surface area contributed by atoms with E-state index in [1.54, 1.807) is 0 Å². The first-order chi connectivity index (χ1) is 70.1. The van der Waals surface area contributed by atoms with Gasteiger partial charge in [0, 0.05) is 149 Å². The van der Waals surface area contributed by atoms with Crippen LogP contribution in [0.15, 0.2) is 522 Å². The van der Waals surface area contributed by atoms with Crippen molar-refractivity contribution in [1.29, 1.82) is 0 Å². The minimum atomic E-state index is 1.10. The van der Waals surface area contributed by atoms with E-state index in [9.17, 15) is 0 Å². The number of thiophene rings is 4. The molecule has 0 aliphatic rings. The number of hydrogen-bond donors (Lipinski definition) is 0. The second-order valence-electron chi connectivity index (χ2n) is 36.4. The molecule has 0 aliphatic carbocycles. The molecule has 22 aromatic carbocycles. The largest absolute Gasteiger partial charge is 0.311 e.